The minimum absolute atomic E-state index is 0.479. The Hall–Kier alpha value is -1.67. The highest BCUT2D eigenvalue weighted by Crippen LogP contribution is 2.22. The molecule has 0 aliphatic carbocycles. The maximum absolute atomic E-state index is 8.57. The molecule has 2 heterocycles. The predicted octanol–water partition coefficient (Wildman–Crippen LogP) is 1.15. The molecule has 0 bridgehead atoms. The summed E-state index contributed by atoms with van der Waals surface area (Å²) in [6, 6.07) is 3.74. The molecule has 0 radical (unpaired) electrons. The number of fused-ring (bicyclic) bond motifs is 1. The summed E-state index contributed by atoms with van der Waals surface area (Å²) >= 11 is 1.33. The lowest BCUT2D eigenvalue weighted by atomic mass is 10.3. The van der Waals surface area contributed by atoms with Crippen LogP contribution in [0.3, 0.4) is 0 Å². The lowest BCUT2D eigenvalue weighted by Gasteiger charge is -1.85. The number of nitrogen functional groups attached to an aromatic ring is 1. The van der Waals surface area contributed by atoms with Gasteiger partial charge in [0, 0.05) is 6.20 Å². The number of nitrogens with two attached hydrogens (primary N) is 1. The van der Waals surface area contributed by atoms with E-state index in [-0.39, 0.29) is 0 Å². The molecule has 0 unspecified atom stereocenters. The maximum Gasteiger partial charge on any atom is 0.182 e. The van der Waals surface area contributed by atoms with Crippen molar-refractivity contribution in [1.82, 2.24) is 9.97 Å². The van der Waals surface area contributed by atoms with Gasteiger partial charge in [-0.2, -0.15) is 5.26 Å². The fourth-order valence-corrected chi connectivity index (χ4v) is 1.63. The fraction of sp³-hybridized carbons (Fsp3) is 0. The van der Waals surface area contributed by atoms with Gasteiger partial charge in [-0.25, -0.2) is 9.97 Å². The largest absolute Gasteiger partial charge is 0.375 e. The zero-order valence-corrected chi connectivity index (χ0v) is 6.80. The van der Waals surface area contributed by atoms with Gasteiger partial charge in [0.05, 0.1) is 10.3 Å². The van der Waals surface area contributed by atoms with Gasteiger partial charge in [-0.3, -0.25) is 0 Å². The monoisotopic (exact) mass is 176 g/mol. The van der Waals surface area contributed by atoms with Gasteiger partial charge in [0.1, 0.15) is 6.07 Å². The Bertz CT molecular complexity index is 468. The first-order valence-electron chi connectivity index (χ1n) is 3.22. The Morgan fingerprint density at radius 2 is 2.42 bits per heavy atom. The molecule has 0 amide bonds. The fourth-order valence-electron chi connectivity index (χ4n) is 0.897. The molecular weight excluding hydrogens is 172 g/mol. The summed E-state index contributed by atoms with van der Waals surface area (Å²) in [5, 5.41) is 9.05. The highest BCUT2D eigenvalue weighted by Gasteiger charge is 2.02. The van der Waals surface area contributed by atoms with E-state index in [1.807, 2.05) is 6.07 Å². The van der Waals surface area contributed by atoms with Crippen molar-refractivity contribution in [1.29, 1.82) is 5.26 Å². The molecule has 4 nitrogen and oxygen atoms in total. The average Bonchev–Trinajstić information content (AvgIpc) is 2.43. The van der Waals surface area contributed by atoms with Crippen LogP contribution < -0.4 is 5.73 Å². The van der Waals surface area contributed by atoms with Gasteiger partial charge in [-0.1, -0.05) is 11.3 Å². The van der Waals surface area contributed by atoms with Crippen LogP contribution in [0.4, 0.5) is 5.13 Å². The van der Waals surface area contributed by atoms with Gasteiger partial charge in [-0.05, 0) is 6.07 Å². The van der Waals surface area contributed by atoms with Crippen LogP contribution in [0.2, 0.25) is 0 Å². The number of hydrogen-bond acceptors (Lipinski definition) is 5. The number of nitrogens with zero attached hydrogens (tertiary/aromatic N) is 3. The SMILES string of the molecule is N#Cc1cnc2nc(N)sc2c1. The van der Waals surface area contributed by atoms with Crippen molar-refractivity contribution in [3.63, 3.8) is 0 Å². The molecule has 2 aromatic heterocycles. The molecule has 2 N–H and O–H groups in total. The van der Waals surface area contributed by atoms with Gasteiger partial charge in [-0.15, -0.1) is 0 Å². The van der Waals surface area contributed by atoms with E-state index >= 15 is 0 Å². The van der Waals surface area contributed by atoms with E-state index in [2.05, 4.69) is 9.97 Å². The van der Waals surface area contributed by atoms with Gasteiger partial charge in [0.2, 0.25) is 0 Å². The van der Waals surface area contributed by atoms with Crippen LogP contribution in [-0.2, 0) is 0 Å². The number of thiazole rings is 1. The number of aromatic nitrogens is 2. The lowest BCUT2D eigenvalue weighted by Crippen LogP contribution is -1.81. The van der Waals surface area contributed by atoms with Crippen LogP contribution >= 0.6 is 11.3 Å². The quantitative estimate of drug-likeness (QED) is 0.653. The van der Waals surface area contributed by atoms with E-state index in [0.29, 0.717) is 16.3 Å². The lowest BCUT2D eigenvalue weighted by molar-refractivity contribution is 1.31. The highest BCUT2D eigenvalue weighted by atomic mass is 32.1. The first-order chi connectivity index (χ1) is 5.79. The van der Waals surface area contributed by atoms with Crippen LogP contribution in [0.1, 0.15) is 5.56 Å². The first-order valence-corrected chi connectivity index (χ1v) is 4.03. The molecule has 2 rings (SSSR count). The minimum Gasteiger partial charge on any atom is -0.375 e. The zero-order valence-electron chi connectivity index (χ0n) is 5.98. The van der Waals surface area contributed by atoms with Crippen molar-refractivity contribution in [3.05, 3.63) is 17.8 Å². The Morgan fingerprint density at radius 1 is 1.58 bits per heavy atom. The summed E-state index contributed by atoms with van der Waals surface area (Å²) in [5.41, 5.74) is 6.61. The molecule has 0 aliphatic heterocycles. The van der Waals surface area contributed by atoms with Crippen LogP contribution in [0.5, 0.6) is 0 Å². The molecule has 0 saturated carbocycles. The number of rotatable bonds is 0. The third kappa shape index (κ3) is 0.984. The van der Waals surface area contributed by atoms with Gasteiger partial charge >= 0.3 is 0 Å². The Kier molecular flexibility index (Phi) is 1.42. The summed E-state index contributed by atoms with van der Waals surface area (Å²) in [6.07, 6.45) is 1.49. The first kappa shape index (κ1) is 7.00. The van der Waals surface area contributed by atoms with Gasteiger partial charge in [0.15, 0.2) is 10.8 Å². The second kappa shape index (κ2) is 2.43. The summed E-state index contributed by atoms with van der Waals surface area (Å²) in [7, 11) is 0. The van der Waals surface area contributed by atoms with Crippen LogP contribution in [0, 0.1) is 11.3 Å². The predicted molar refractivity (Wildman–Crippen MR) is 46.5 cm³/mol. The van der Waals surface area contributed by atoms with Crippen molar-refractivity contribution in [2.45, 2.75) is 0 Å². The van der Waals surface area contributed by atoms with Crippen molar-refractivity contribution >= 4 is 26.8 Å². The highest BCUT2D eigenvalue weighted by molar-refractivity contribution is 7.22. The average molecular weight is 176 g/mol. The van der Waals surface area contributed by atoms with E-state index < -0.39 is 0 Å². The number of nitriles is 1. The second-order valence-corrected chi connectivity index (χ2v) is 3.27. The third-order valence-corrected chi connectivity index (χ3v) is 2.21. The summed E-state index contributed by atoms with van der Waals surface area (Å²) in [4.78, 5) is 7.93. The third-order valence-electron chi connectivity index (χ3n) is 1.39. The summed E-state index contributed by atoms with van der Waals surface area (Å²) in [5.74, 6) is 0. The zero-order chi connectivity index (χ0) is 8.55. The smallest absolute Gasteiger partial charge is 0.182 e. The maximum atomic E-state index is 8.57. The van der Waals surface area contributed by atoms with Gasteiger partial charge < -0.3 is 5.73 Å². The normalized spacial score (nSPS) is 9.92. The van der Waals surface area contributed by atoms with Crippen molar-refractivity contribution in [3.8, 4) is 6.07 Å². The Morgan fingerprint density at radius 3 is 3.17 bits per heavy atom. The molecule has 0 atom stereocenters. The Labute approximate surface area is 72.3 Å². The molecule has 0 aromatic carbocycles. The number of hydrogen-bond donors (Lipinski definition) is 1. The van der Waals surface area contributed by atoms with Gasteiger partial charge in [0.25, 0.3) is 0 Å². The van der Waals surface area contributed by atoms with Crippen molar-refractivity contribution in [2.24, 2.45) is 0 Å². The molecule has 58 valence electrons. The van der Waals surface area contributed by atoms with E-state index in [4.69, 9.17) is 11.0 Å². The minimum atomic E-state index is 0.479. The summed E-state index contributed by atoms with van der Waals surface area (Å²) in [6.45, 7) is 0. The topological polar surface area (TPSA) is 75.6 Å². The standard InChI is InChI=1S/C7H4N4S/c8-2-4-1-5-6(10-3-4)11-7(9)12-5/h1,3H,(H2,9,10,11). The van der Waals surface area contributed by atoms with Crippen molar-refractivity contribution < 1.29 is 0 Å². The number of anilines is 1. The van der Waals surface area contributed by atoms with E-state index in [1.165, 1.54) is 17.5 Å². The molecule has 0 saturated heterocycles. The molecule has 0 fully saturated rings. The molecule has 0 spiro atoms. The summed E-state index contributed by atoms with van der Waals surface area (Å²) < 4.78 is 0.853. The van der Waals surface area contributed by atoms with Crippen LogP contribution in [0.25, 0.3) is 10.3 Å². The van der Waals surface area contributed by atoms with Crippen LogP contribution in [0.15, 0.2) is 12.3 Å². The molecule has 0 aliphatic rings. The number of pyridine rings is 1. The Balaban J connectivity index is 2.77. The van der Waals surface area contributed by atoms with Crippen molar-refractivity contribution in [2.75, 3.05) is 5.73 Å². The molecular formula is C7H4N4S. The van der Waals surface area contributed by atoms with E-state index in [0.717, 1.165) is 4.70 Å². The second-order valence-electron chi connectivity index (χ2n) is 2.21. The van der Waals surface area contributed by atoms with Crippen LogP contribution in [-0.4, -0.2) is 9.97 Å². The molecule has 2 aromatic rings. The van der Waals surface area contributed by atoms with E-state index in [1.54, 1.807) is 6.07 Å². The molecule has 12 heavy (non-hydrogen) atoms. The molecule has 5 heteroatoms. The van der Waals surface area contributed by atoms with E-state index in [9.17, 15) is 0 Å².